The zero-order valence-electron chi connectivity index (χ0n) is 14.2. The normalized spacial score (nSPS) is 12.0. The number of anilines is 1. The van der Waals surface area contributed by atoms with Gasteiger partial charge in [-0.2, -0.15) is 0 Å². The van der Waals surface area contributed by atoms with Crippen LogP contribution >= 0.6 is 11.3 Å². The lowest BCUT2D eigenvalue weighted by atomic mass is 10.1. The van der Waals surface area contributed by atoms with Gasteiger partial charge in [0.1, 0.15) is 5.00 Å². The number of thiophene rings is 1. The highest BCUT2D eigenvalue weighted by Gasteiger charge is 2.19. The average molecular weight is 380 g/mol. The highest BCUT2D eigenvalue weighted by Crippen LogP contribution is 2.34. The molecule has 1 aliphatic heterocycles. The van der Waals surface area contributed by atoms with Crippen LogP contribution in [0.25, 0.3) is 0 Å². The molecule has 2 heterocycles. The molecule has 1 aliphatic rings. The lowest BCUT2D eigenvalue weighted by Crippen LogP contribution is -2.16. The van der Waals surface area contributed by atoms with Crippen molar-refractivity contribution in [2.75, 3.05) is 12.1 Å². The van der Waals surface area contributed by atoms with Gasteiger partial charge < -0.3 is 20.5 Å². The molecule has 0 fully saturated rings. The number of carbonyl (C=O) groups is 2. The Labute approximate surface area is 159 Å². The van der Waals surface area contributed by atoms with Crippen LogP contribution < -0.4 is 20.5 Å². The predicted molar refractivity (Wildman–Crippen MR) is 103 cm³/mol. The molecule has 6 nitrogen and oxygen atoms in total. The van der Waals surface area contributed by atoms with Gasteiger partial charge in [-0.25, -0.2) is 0 Å². The molecule has 2 amide bonds. The molecule has 0 radical (unpaired) electrons. The third-order valence-electron chi connectivity index (χ3n) is 4.13. The van der Waals surface area contributed by atoms with Gasteiger partial charge in [0.05, 0.1) is 5.56 Å². The summed E-state index contributed by atoms with van der Waals surface area (Å²) in [6.45, 7) is 0.139. The third-order valence-corrected chi connectivity index (χ3v) is 5.18. The number of nitrogens with two attached hydrogens (primary N) is 1. The summed E-state index contributed by atoms with van der Waals surface area (Å²) in [7, 11) is 0. The summed E-state index contributed by atoms with van der Waals surface area (Å²) in [4.78, 5) is 25.3. The van der Waals surface area contributed by atoms with E-state index in [1.165, 1.54) is 11.3 Å². The molecule has 0 saturated carbocycles. The maximum atomic E-state index is 12.6. The summed E-state index contributed by atoms with van der Waals surface area (Å²) in [5.74, 6) is 0.204. The molecule has 7 heteroatoms. The highest BCUT2D eigenvalue weighted by molar-refractivity contribution is 7.16. The molecule has 0 atom stereocenters. The number of nitrogens with one attached hydrogen (secondary N) is 1. The molecule has 3 N–H and O–H groups in total. The van der Waals surface area contributed by atoms with Crippen LogP contribution in [-0.4, -0.2) is 18.6 Å². The fourth-order valence-corrected chi connectivity index (χ4v) is 3.91. The summed E-state index contributed by atoms with van der Waals surface area (Å²) in [6, 6.07) is 16.6. The molecule has 1 aromatic heterocycles. The number of fused-ring (bicyclic) bond motifs is 1. The van der Waals surface area contributed by atoms with Crippen molar-refractivity contribution in [3.63, 3.8) is 0 Å². The Hall–Kier alpha value is -3.32. The summed E-state index contributed by atoms with van der Waals surface area (Å²) in [5.41, 5.74) is 7.32. The predicted octanol–water partition coefficient (Wildman–Crippen LogP) is 3.42. The number of benzene rings is 2. The Kier molecular flexibility index (Phi) is 4.52. The number of hydrogen-bond donors (Lipinski definition) is 2. The highest BCUT2D eigenvalue weighted by atomic mass is 32.1. The van der Waals surface area contributed by atoms with E-state index in [0.717, 1.165) is 10.4 Å². The molecule has 2 aromatic carbocycles. The summed E-state index contributed by atoms with van der Waals surface area (Å²) in [6.07, 6.45) is 0.658. The average Bonchev–Trinajstić information content (AvgIpc) is 3.28. The molecule has 136 valence electrons. The van der Waals surface area contributed by atoms with Crippen LogP contribution in [0, 0.1) is 0 Å². The molecule has 4 rings (SSSR count). The Bertz CT molecular complexity index is 1010. The lowest BCUT2D eigenvalue weighted by molar-refractivity contribution is 0.100. The SMILES string of the molecule is NC(=O)c1cc(Cc2ccccc2)sc1NC(=O)c1ccc2c(c1)OCO2. The van der Waals surface area contributed by atoms with Crippen molar-refractivity contribution < 1.29 is 19.1 Å². The molecule has 27 heavy (non-hydrogen) atoms. The first-order valence-corrected chi connectivity index (χ1v) is 9.09. The van der Waals surface area contributed by atoms with Crippen molar-refractivity contribution in [2.45, 2.75) is 6.42 Å². The van der Waals surface area contributed by atoms with Crippen LogP contribution in [0.2, 0.25) is 0 Å². The molecular formula is C20H16N2O4S. The van der Waals surface area contributed by atoms with Gasteiger partial charge in [-0.3, -0.25) is 9.59 Å². The van der Waals surface area contributed by atoms with E-state index in [1.807, 2.05) is 30.3 Å². The van der Waals surface area contributed by atoms with Crippen LogP contribution in [0.15, 0.2) is 54.6 Å². The topological polar surface area (TPSA) is 90.7 Å². The first kappa shape index (κ1) is 17.1. The van der Waals surface area contributed by atoms with Crippen LogP contribution in [0.4, 0.5) is 5.00 Å². The molecule has 0 aliphatic carbocycles. The van der Waals surface area contributed by atoms with E-state index < -0.39 is 5.91 Å². The Morgan fingerprint density at radius 1 is 1.04 bits per heavy atom. The second kappa shape index (κ2) is 7.13. The van der Waals surface area contributed by atoms with Crippen LogP contribution in [0.3, 0.4) is 0 Å². The van der Waals surface area contributed by atoms with Gasteiger partial charge in [-0.05, 0) is 29.8 Å². The first-order chi connectivity index (χ1) is 13.1. The zero-order valence-corrected chi connectivity index (χ0v) is 15.0. The van der Waals surface area contributed by atoms with Crippen molar-refractivity contribution in [2.24, 2.45) is 5.73 Å². The smallest absolute Gasteiger partial charge is 0.256 e. The van der Waals surface area contributed by atoms with Gasteiger partial charge in [0.25, 0.3) is 11.8 Å². The Morgan fingerprint density at radius 3 is 2.59 bits per heavy atom. The largest absolute Gasteiger partial charge is 0.454 e. The van der Waals surface area contributed by atoms with E-state index in [0.29, 0.717) is 34.0 Å². The van der Waals surface area contributed by atoms with Gasteiger partial charge in [0, 0.05) is 16.9 Å². The van der Waals surface area contributed by atoms with Crippen LogP contribution in [0.1, 0.15) is 31.2 Å². The maximum absolute atomic E-state index is 12.6. The minimum absolute atomic E-state index is 0.139. The van der Waals surface area contributed by atoms with E-state index in [9.17, 15) is 9.59 Å². The van der Waals surface area contributed by atoms with Gasteiger partial charge in [-0.15, -0.1) is 11.3 Å². The number of rotatable bonds is 5. The van der Waals surface area contributed by atoms with E-state index in [1.54, 1.807) is 24.3 Å². The summed E-state index contributed by atoms with van der Waals surface area (Å²) < 4.78 is 10.5. The van der Waals surface area contributed by atoms with Crippen molar-refractivity contribution in [1.82, 2.24) is 0 Å². The second-order valence-electron chi connectivity index (χ2n) is 6.00. The van der Waals surface area contributed by atoms with Crippen LogP contribution in [-0.2, 0) is 6.42 Å². The fraction of sp³-hybridized carbons (Fsp3) is 0.100. The number of primary amides is 1. The van der Waals surface area contributed by atoms with Gasteiger partial charge in [-0.1, -0.05) is 30.3 Å². The molecule has 0 saturated heterocycles. The molecule has 3 aromatic rings. The van der Waals surface area contributed by atoms with Gasteiger partial charge in [0.2, 0.25) is 6.79 Å². The van der Waals surface area contributed by atoms with Crippen molar-refractivity contribution in [3.05, 3.63) is 76.2 Å². The number of carbonyl (C=O) groups excluding carboxylic acids is 2. The Morgan fingerprint density at radius 2 is 1.81 bits per heavy atom. The second-order valence-corrected chi connectivity index (χ2v) is 7.14. The van der Waals surface area contributed by atoms with Crippen molar-refractivity contribution >= 4 is 28.2 Å². The van der Waals surface area contributed by atoms with Gasteiger partial charge >= 0.3 is 0 Å². The van der Waals surface area contributed by atoms with E-state index in [2.05, 4.69) is 5.32 Å². The minimum Gasteiger partial charge on any atom is -0.454 e. The van der Waals surface area contributed by atoms with Crippen molar-refractivity contribution in [1.29, 1.82) is 0 Å². The third kappa shape index (κ3) is 3.63. The zero-order chi connectivity index (χ0) is 18.8. The molecule has 0 spiro atoms. The van der Waals surface area contributed by atoms with E-state index in [4.69, 9.17) is 15.2 Å². The number of hydrogen-bond acceptors (Lipinski definition) is 5. The van der Waals surface area contributed by atoms with E-state index >= 15 is 0 Å². The number of ether oxygens (including phenoxy) is 2. The van der Waals surface area contributed by atoms with Crippen LogP contribution in [0.5, 0.6) is 11.5 Å². The fourth-order valence-electron chi connectivity index (χ4n) is 2.82. The quantitative estimate of drug-likeness (QED) is 0.710. The summed E-state index contributed by atoms with van der Waals surface area (Å²) in [5, 5.41) is 3.23. The number of amides is 2. The van der Waals surface area contributed by atoms with Gasteiger partial charge in [0.15, 0.2) is 11.5 Å². The standard InChI is InChI=1S/C20H16N2O4S/c21-18(23)15-10-14(8-12-4-2-1-3-5-12)27-20(15)22-19(24)13-6-7-16-17(9-13)26-11-25-16/h1-7,9-10H,8,11H2,(H2,21,23)(H,22,24). The van der Waals surface area contributed by atoms with Crippen molar-refractivity contribution in [3.8, 4) is 11.5 Å². The molecule has 0 bridgehead atoms. The minimum atomic E-state index is -0.577. The lowest BCUT2D eigenvalue weighted by Gasteiger charge is -2.05. The molecular weight excluding hydrogens is 364 g/mol. The Balaban J connectivity index is 1.57. The summed E-state index contributed by atoms with van der Waals surface area (Å²) >= 11 is 1.34. The first-order valence-electron chi connectivity index (χ1n) is 8.27. The monoisotopic (exact) mass is 380 g/mol. The maximum Gasteiger partial charge on any atom is 0.256 e. The van der Waals surface area contributed by atoms with E-state index in [-0.39, 0.29) is 12.7 Å². The molecule has 0 unspecified atom stereocenters.